The molecule has 8 heteroatoms. The molecule has 0 spiro atoms. The minimum atomic E-state index is -0.772. The van der Waals surface area contributed by atoms with Crippen LogP contribution in [0, 0.1) is 0 Å². The highest BCUT2D eigenvalue weighted by molar-refractivity contribution is 6.39. The van der Waals surface area contributed by atoms with Crippen LogP contribution in [0.2, 0.25) is 0 Å². The van der Waals surface area contributed by atoms with Crippen molar-refractivity contribution in [2.24, 2.45) is 0 Å². The van der Waals surface area contributed by atoms with E-state index in [0.717, 1.165) is 42.0 Å². The maximum Gasteiger partial charge on any atom is 0.335 e. The minimum absolute atomic E-state index is 0.0876. The van der Waals surface area contributed by atoms with Gasteiger partial charge in [0.25, 0.3) is 11.8 Å². The summed E-state index contributed by atoms with van der Waals surface area (Å²) in [4.78, 5) is 44.3. The second-order valence-electron chi connectivity index (χ2n) is 11.9. The van der Waals surface area contributed by atoms with Crippen LogP contribution in [0.5, 0.6) is 11.5 Å². The van der Waals surface area contributed by atoms with Gasteiger partial charge in [-0.15, -0.1) is 0 Å². The highest BCUT2D eigenvalue weighted by Gasteiger charge is 2.40. The Morgan fingerprint density at radius 2 is 1.45 bits per heavy atom. The molecule has 0 saturated carbocycles. The third kappa shape index (κ3) is 5.56. The molecule has 4 aromatic carbocycles. The van der Waals surface area contributed by atoms with Crippen LogP contribution in [0.15, 0.2) is 109 Å². The first kappa shape index (κ1) is 30.0. The smallest absolute Gasteiger partial charge is 0.335 e. The summed E-state index contributed by atoms with van der Waals surface area (Å²) in [6.45, 7) is 5.81. The third-order valence-corrected chi connectivity index (χ3v) is 9.22. The molecular weight excluding hydrogens is 590 g/mol. The van der Waals surface area contributed by atoms with E-state index in [1.165, 1.54) is 30.0 Å². The Bertz CT molecular complexity index is 1830. The second kappa shape index (κ2) is 12.6. The van der Waals surface area contributed by atoms with Crippen molar-refractivity contribution >= 4 is 35.3 Å². The number of barbiturate groups is 1. The van der Waals surface area contributed by atoms with Crippen molar-refractivity contribution in [3.63, 3.8) is 0 Å². The molecule has 0 aromatic heterocycles. The van der Waals surface area contributed by atoms with E-state index in [-0.39, 0.29) is 17.4 Å². The first-order chi connectivity index (χ1) is 23.0. The van der Waals surface area contributed by atoms with Gasteiger partial charge >= 0.3 is 6.03 Å². The molecule has 47 heavy (non-hydrogen) atoms. The monoisotopic (exact) mass is 625 g/mol. The molecule has 3 aliphatic rings. The van der Waals surface area contributed by atoms with Crippen molar-refractivity contribution in [1.29, 1.82) is 0 Å². The molecule has 0 aliphatic carbocycles. The molecule has 3 heterocycles. The van der Waals surface area contributed by atoms with Crippen LogP contribution in [0.1, 0.15) is 52.5 Å². The van der Waals surface area contributed by atoms with Gasteiger partial charge in [-0.1, -0.05) is 79.4 Å². The van der Waals surface area contributed by atoms with Gasteiger partial charge in [0.15, 0.2) is 11.5 Å². The largest absolute Gasteiger partial charge is 0.493 e. The maximum absolute atomic E-state index is 14.2. The molecule has 1 N–H and O–H groups in total. The number of urea groups is 1. The molecule has 4 aromatic rings. The average Bonchev–Trinajstić information content (AvgIpc) is 3.10. The highest BCUT2D eigenvalue weighted by Crippen LogP contribution is 2.50. The summed E-state index contributed by atoms with van der Waals surface area (Å²) < 4.78 is 11.1. The van der Waals surface area contributed by atoms with Gasteiger partial charge in [-0.05, 0) is 71.0 Å². The molecule has 3 aliphatic heterocycles. The number of nitrogens with one attached hydrogen (secondary N) is 1. The normalized spacial score (nSPS) is 19.7. The van der Waals surface area contributed by atoms with Crippen LogP contribution in [0.3, 0.4) is 0 Å². The van der Waals surface area contributed by atoms with E-state index in [2.05, 4.69) is 41.1 Å². The van der Waals surface area contributed by atoms with E-state index in [1.54, 1.807) is 24.3 Å². The van der Waals surface area contributed by atoms with Gasteiger partial charge in [0.2, 0.25) is 0 Å². The summed E-state index contributed by atoms with van der Waals surface area (Å²) in [5.74, 6) is -0.321. The Kier molecular flexibility index (Phi) is 8.08. The third-order valence-electron chi connectivity index (χ3n) is 9.22. The molecule has 236 valence electrons. The van der Waals surface area contributed by atoms with Crippen molar-refractivity contribution in [2.75, 3.05) is 36.6 Å². The predicted molar refractivity (Wildman–Crippen MR) is 182 cm³/mol. The average molecular weight is 626 g/mol. The number of ether oxygens (including phenoxy) is 2. The molecule has 1 fully saturated rings. The number of amides is 4. The zero-order chi connectivity index (χ0) is 32.5. The Morgan fingerprint density at radius 1 is 0.830 bits per heavy atom. The molecule has 0 bridgehead atoms. The van der Waals surface area contributed by atoms with Crippen molar-refractivity contribution < 1.29 is 23.9 Å². The van der Waals surface area contributed by atoms with Crippen molar-refractivity contribution in [3.05, 3.63) is 137 Å². The van der Waals surface area contributed by atoms with Crippen LogP contribution < -0.4 is 24.6 Å². The van der Waals surface area contributed by atoms with Gasteiger partial charge < -0.3 is 14.4 Å². The van der Waals surface area contributed by atoms with Crippen LogP contribution in [-0.4, -0.2) is 44.7 Å². The van der Waals surface area contributed by atoms with Gasteiger partial charge in [-0.25, -0.2) is 9.69 Å². The number of benzene rings is 4. The Morgan fingerprint density at radius 3 is 2.02 bits per heavy atom. The second-order valence-corrected chi connectivity index (χ2v) is 11.9. The summed E-state index contributed by atoms with van der Waals surface area (Å²) in [5, 5.41) is 2.40. The van der Waals surface area contributed by atoms with Crippen LogP contribution in [0.4, 0.5) is 16.2 Å². The summed E-state index contributed by atoms with van der Waals surface area (Å²) in [5.41, 5.74) is 6.55. The van der Waals surface area contributed by atoms with Crippen LogP contribution >= 0.6 is 0 Å². The molecule has 7 rings (SSSR count). The van der Waals surface area contributed by atoms with E-state index in [0.29, 0.717) is 29.4 Å². The van der Waals surface area contributed by atoms with Crippen molar-refractivity contribution in [2.45, 2.75) is 24.7 Å². The van der Waals surface area contributed by atoms with E-state index >= 15 is 0 Å². The number of hydrogen-bond donors (Lipinski definition) is 1. The number of methoxy groups -OCH3 is 1. The lowest BCUT2D eigenvalue weighted by Gasteiger charge is -2.44. The lowest BCUT2D eigenvalue weighted by Crippen LogP contribution is -2.54. The first-order valence-corrected chi connectivity index (χ1v) is 15.8. The number of carbonyl (C=O) groups excluding carboxylic acids is 3. The number of rotatable bonds is 8. The van der Waals surface area contributed by atoms with Crippen molar-refractivity contribution in [1.82, 2.24) is 5.32 Å². The summed E-state index contributed by atoms with van der Waals surface area (Å²) in [7, 11) is 1.51. The van der Waals surface area contributed by atoms with E-state index < -0.39 is 17.8 Å². The van der Waals surface area contributed by atoms with Crippen LogP contribution in [-0.2, 0) is 9.59 Å². The Labute approximate surface area is 273 Å². The summed E-state index contributed by atoms with van der Waals surface area (Å²) in [6, 6.07) is 29.0. The fourth-order valence-electron chi connectivity index (χ4n) is 7.07. The molecule has 8 nitrogen and oxygen atoms in total. The van der Waals surface area contributed by atoms with E-state index in [4.69, 9.17) is 9.47 Å². The standard InChI is InChI=1S/C39H35N3O5/c1-3-20-47-34-15-14-25(22-35(34)46-2)21-33-37(43)40-39(45)42(38(33)44)28-23-31-29(26-10-6-4-7-11-26)16-18-41-19-17-30(32(24-28)36(31)41)27-12-8-5-9-13-27/h3-15,21-24,29-30H,1,16-20H2,2H3,(H,40,43,45)/b33-21+/t29-,30+. The fourth-order valence-corrected chi connectivity index (χ4v) is 7.07. The van der Waals surface area contributed by atoms with Gasteiger partial charge in [-0.3, -0.25) is 14.9 Å². The topological polar surface area (TPSA) is 88.2 Å². The quantitative estimate of drug-likeness (QED) is 0.132. The number of imide groups is 2. The zero-order valence-electron chi connectivity index (χ0n) is 26.1. The predicted octanol–water partition coefficient (Wildman–Crippen LogP) is 6.80. The Hall–Kier alpha value is -5.63. The lowest BCUT2D eigenvalue weighted by molar-refractivity contribution is -0.122. The van der Waals surface area contributed by atoms with E-state index in [1.807, 2.05) is 48.5 Å². The number of anilines is 2. The van der Waals surface area contributed by atoms with Crippen molar-refractivity contribution in [3.8, 4) is 11.5 Å². The SMILES string of the molecule is C=CCOc1ccc(/C=C2\C(=O)NC(=O)N(c3cc4c5c(c3)[C@H](c3ccccc3)CCN5CC[C@@H]4c3ccccc3)C2=O)cc1OC. The summed E-state index contributed by atoms with van der Waals surface area (Å²) >= 11 is 0. The van der Waals surface area contributed by atoms with Gasteiger partial charge in [0.05, 0.1) is 12.8 Å². The fraction of sp³-hybridized carbons (Fsp3) is 0.205. The molecule has 0 unspecified atom stereocenters. The Balaban J connectivity index is 1.34. The highest BCUT2D eigenvalue weighted by atomic mass is 16.5. The number of carbonyl (C=O) groups is 3. The molecule has 2 atom stereocenters. The van der Waals surface area contributed by atoms with Crippen LogP contribution in [0.25, 0.3) is 6.08 Å². The summed E-state index contributed by atoms with van der Waals surface area (Å²) in [6.07, 6.45) is 4.92. The van der Waals surface area contributed by atoms with E-state index in [9.17, 15) is 14.4 Å². The van der Waals surface area contributed by atoms with Gasteiger partial charge in [-0.2, -0.15) is 0 Å². The number of nitrogens with zero attached hydrogens (tertiary/aromatic N) is 2. The maximum atomic E-state index is 14.2. The lowest BCUT2D eigenvalue weighted by atomic mass is 9.76. The molecule has 1 saturated heterocycles. The van der Waals surface area contributed by atoms with Gasteiger partial charge in [0.1, 0.15) is 12.2 Å². The molecule has 4 amide bonds. The molecular formula is C39H35N3O5. The molecule has 0 radical (unpaired) electrons. The number of hydrogen-bond acceptors (Lipinski definition) is 6. The van der Waals surface area contributed by atoms with Gasteiger partial charge in [0, 0.05) is 30.6 Å². The first-order valence-electron chi connectivity index (χ1n) is 15.8. The zero-order valence-corrected chi connectivity index (χ0v) is 26.1. The minimum Gasteiger partial charge on any atom is -0.493 e.